The number of hydrogen-bond donors (Lipinski definition) is 2. The Bertz CT molecular complexity index is 282. The third kappa shape index (κ3) is 3.35. The number of rotatable bonds is 2. The van der Waals surface area contributed by atoms with E-state index in [0.717, 1.165) is 19.0 Å². The molecule has 0 bridgehead atoms. The smallest absolute Gasteiger partial charge is 0.407 e. The Hall–Kier alpha value is -0.770. The molecule has 2 atom stereocenters. The van der Waals surface area contributed by atoms with Crippen molar-refractivity contribution in [3.63, 3.8) is 0 Å². The maximum Gasteiger partial charge on any atom is 0.407 e. The Morgan fingerprint density at radius 3 is 2.53 bits per heavy atom. The quantitative estimate of drug-likeness (QED) is 0.775. The molecular formula is C13H24N2O2. The SMILES string of the molecule is CC(C)(C)OC(=O)N[C@@H]1CNC[C@@H]1C1CCC1. The van der Waals surface area contributed by atoms with Crippen molar-refractivity contribution in [1.82, 2.24) is 10.6 Å². The average Bonchev–Trinajstić information content (AvgIpc) is 2.46. The lowest BCUT2D eigenvalue weighted by molar-refractivity contribution is 0.0478. The molecule has 98 valence electrons. The van der Waals surface area contributed by atoms with Gasteiger partial charge in [-0.3, -0.25) is 0 Å². The van der Waals surface area contributed by atoms with E-state index in [0.29, 0.717) is 5.92 Å². The van der Waals surface area contributed by atoms with Crippen molar-refractivity contribution < 1.29 is 9.53 Å². The topological polar surface area (TPSA) is 50.4 Å². The lowest BCUT2D eigenvalue weighted by Gasteiger charge is -2.34. The second-order valence-corrected chi connectivity index (χ2v) is 6.27. The Morgan fingerprint density at radius 1 is 1.29 bits per heavy atom. The van der Waals surface area contributed by atoms with Crippen LogP contribution < -0.4 is 10.6 Å². The molecule has 1 heterocycles. The minimum absolute atomic E-state index is 0.246. The molecule has 4 nitrogen and oxygen atoms in total. The molecule has 17 heavy (non-hydrogen) atoms. The molecule has 2 N–H and O–H groups in total. The van der Waals surface area contributed by atoms with Crippen LogP contribution in [0.2, 0.25) is 0 Å². The molecule has 1 saturated carbocycles. The molecule has 1 aliphatic carbocycles. The summed E-state index contributed by atoms with van der Waals surface area (Å²) in [6.07, 6.45) is 3.70. The van der Waals surface area contributed by atoms with Crippen LogP contribution in [0.25, 0.3) is 0 Å². The normalized spacial score (nSPS) is 29.8. The van der Waals surface area contributed by atoms with Crippen molar-refractivity contribution in [2.24, 2.45) is 11.8 Å². The van der Waals surface area contributed by atoms with E-state index >= 15 is 0 Å². The number of nitrogens with one attached hydrogen (secondary N) is 2. The average molecular weight is 240 g/mol. The van der Waals surface area contributed by atoms with Crippen LogP contribution in [0.4, 0.5) is 4.79 Å². The van der Waals surface area contributed by atoms with Gasteiger partial charge in [0.1, 0.15) is 5.60 Å². The number of carbonyl (C=O) groups is 1. The first-order chi connectivity index (χ1) is 7.96. The molecule has 2 aliphatic rings. The largest absolute Gasteiger partial charge is 0.444 e. The molecular weight excluding hydrogens is 216 g/mol. The number of amides is 1. The van der Waals surface area contributed by atoms with Gasteiger partial charge in [0.15, 0.2) is 0 Å². The highest BCUT2D eigenvalue weighted by atomic mass is 16.6. The lowest BCUT2D eigenvalue weighted by Crippen LogP contribution is -2.45. The third-order valence-electron chi connectivity index (χ3n) is 3.72. The Balaban J connectivity index is 1.82. The summed E-state index contributed by atoms with van der Waals surface area (Å²) in [5.74, 6) is 1.39. The van der Waals surface area contributed by atoms with Crippen LogP contribution >= 0.6 is 0 Å². The summed E-state index contributed by atoms with van der Waals surface area (Å²) in [4.78, 5) is 11.7. The minimum atomic E-state index is -0.415. The van der Waals surface area contributed by atoms with Crippen LogP contribution in [0.5, 0.6) is 0 Å². The number of carbonyl (C=O) groups excluding carboxylic acids is 1. The van der Waals surface area contributed by atoms with Crippen molar-refractivity contribution in [2.75, 3.05) is 13.1 Å². The highest BCUT2D eigenvalue weighted by Gasteiger charge is 2.37. The summed E-state index contributed by atoms with van der Waals surface area (Å²) in [5.41, 5.74) is -0.415. The third-order valence-corrected chi connectivity index (χ3v) is 3.72. The van der Waals surface area contributed by atoms with E-state index in [2.05, 4.69) is 10.6 Å². The van der Waals surface area contributed by atoms with Crippen molar-refractivity contribution >= 4 is 6.09 Å². The van der Waals surface area contributed by atoms with Gasteiger partial charge in [-0.2, -0.15) is 0 Å². The summed E-state index contributed by atoms with van der Waals surface area (Å²) >= 11 is 0. The molecule has 0 unspecified atom stereocenters. The minimum Gasteiger partial charge on any atom is -0.444 e. The summed E-state index contributed by atoms with van der Waals surface area (Å²) in [5, 5.41) is 6.38. The molecule has 0 aromatic carbocycles. The van der Waals surface area contributed by atoms with E-state index in [-0.39, 0.29) is 12.1 Å². The predicted molar refractivity (Wildman–Crippen MR) is 66.9 cm³/mol. The van der Waals surface area contributed by atoms with Gasteiger partial charge in [-0.1, -0.05) is 19.3 Å². The summed E-state index contributed by atoms with van der Waals surface area (Å²) < 4.78 is 5.30. The molecule has 0 aromatic heterocycles. The van der Waals surface area contributed by atoms with E-state index in [1.807, 2.05) is 20.8 Å². The van der Waals surface area contributed by atoms with Crippen LogP contribution in [0.15, 0.2) is 0 Å². The molecule has 4 heteroatoms. The fourth-order valence-electron chi connectivity index (χ4n) is 2.68. The molecule has 0 radical (unpaired) electrons. The molecule has 2 rings (SSSR count). The van der Waals surface area contributed by atoms with Crippen LogP contribution in [-0.4, -0.2) is 30.8 Å². The zero-order valence-corrected chi connectivity index (χ0v) is 11.1. The molecule has 1 amide bonds. The zero-order chi connectivity index (χ0) is 12.5. The second-order valence-electron chi connectivity index (χ2n) is 6.27. The first kappa shape index (κ1) is 12.7. The van der Waals surface area contributed by atoms with Crippen molar-refractivity contribution in [3.05, 3.63) is 0 Å². The van der Waals surface area contributed by atoms with Gasteiger partial charge in [-0.25, -0.2) is 4.79 Å². The fourth-order valence-corrected chi connectivity index (χ4v) is 2.68. The van der Waals surface area contributed by atoms with Crippen LogP contribution in [0, 0.1) is 11.8 Å². The van der Waals surface area contributed by atoms with Gasteiger partial charge in [-0.15, -0.1) is 0 Å². The summed E-state index contributed by atoms with van der Waals surface area (Å²) in [6.45, 7) is 7.58. The highest BCUT2D eigenvalue weighted by Crippen LogP contribution is 2.36. The maximum absolute atomic E-state index is 11.7. The van der Waals surface area contributed by atoms with Crippen LogP contribution in [-0.2, 0) is 4.74 Å². The summed E-state index contributed by atoms with van der Waals surface area (Å²) in [7, 11) is 0. The van der Waals surface area contributed by atoms with Crippen LogP contribution in [0.1, 0.15) is 40.0 Å². The number of ether oxygens (including phenoxy) is 1. The molecule has 1 saturated heterocycles. The molecule has 2 fully saturated rings. The van der Waals surface area contributed by atoms with E-state index in [1.165, 1.54) is 19.3 Å². The van der Waals surface area contributed by atoms with Gasteiger partial charge in [0.2, 0.25) is 0 Å². The molecule has 1 aliphatic heterocycles. The summed E-state index contributed by atoms with van der Waals surface area (Å²) in [6, 6.07) is 0.246. The van der Waals surface area contributed by atoms with Crippen molar-refractivity contribution in [1.29, 1.82) is 0 Å². The van der Waals surface area contributed by atoms with E-state index < -0.39 is 5.60 Å². The lowest BCUT2D eigenvalue weighted by atomic mass is 9.74. The Labute approximate surface area is 103 Å². The standard InChI is InChI=1S/C13H24N2O2/c1-13(2,3)17-12(16)15-11-8-14-7-10(11)9-5-4-6-9/h9-11,14H,4-8H2,1-3H3,(H,15,16)/t10-,11-/m1/s1. The van der Waals surface area contributed by atoms with E-state index in [9.17, 15) is 4.79 Å². The monoisotopic (exact) mass is 240 g/mol. The zero-order valence-electron chi connectivity index (χ0n) is 11.1. The van der Waals surface area contributed by atoms with Crippen molar-refractivity contribution in [3.8, 4) is 0 Å². The fraction of sp³-hybridized carbons (Fsp3) is 0.923. The second kappa shape index (κ2) is 4.84. The van der Waals surface area contributed by atoms with Gasteiger partial charge < -0.3 is 15.4 Å². The first-order valence-corrected chi connectivity index (χ1v) is 6.66. The van der Waals surface area contributed by atoms with Gasteiger partial charge in [0.05, 0.1) is 0 Å². The van der Waals surface area contributed by atoms with E-state index in [1.54, 1.807) is 0 Å². The molecule has 0 spiro atoms. The predicted octanol–water partition coefficient (Wildman–Crippen LogP) is 1.90. The van der Waals surface area contributed by atoms with Gasteiger partial charge in [0, 0.05) is 19.1 Å². The Kier molecular flexibility index (Phi) is 3.61. The number of alkyl carbamates (subject to hydrolysis) is 1. The maximum atomic E-state index is 11.7. The Morgan fingerprint density at radius 2 is 2.00 bits per heavy atom. The van der Waals surface area contributed by atoms with Gasteiger partial charge >= 0.3 is 6.09 Å². The van der Waals surface area contributed by atoms with Crippen LogP contribution in [0.3, 0.4) is 0 Å². The first-order valence-electron chi connectivity index (χ1n) is 6.66. The van der Waals surface area contributed by atoms with Gasteiger partial charge in [-0.05, 0) is 32.6 Å². The highest BCUT2D eigenvalue weighted by molar-refractivity contribution is 5.68. The molecule has 0 aromatic rings. The number of hydrogen-bond acceptors (Lipinski definition) is 3. The van der Waals surface area contributed by atoms with E-state index in [4.69, 9.17) is 4.74 Å². The van der Waals surface area contributed by atoms with Gasteiger partial charge in [0.25, 0.3) is 0 Å². The van der Waals surface area contributed by atoms with Crippen molar-refractivity contribution in [2.45, 2.75) is 51.7 Å².